The first kappa shape index (κ1) is 13.3. The molecule has 2 aromatic rings. The fraction of sp³-hybridized carbons (Fsp3) is 0.286. The minimum Gasteiger partial charge on any atom is -0.444 e. The molecule has 0 spiro atoms. The molecule has 0 radical (unpaired) electrons. The molecule has 3 N–H and O–H groups in total. The van der Waals surface area contributed by atoms with E-state index in [9.17, 15) is 4.79 Å². The number of carbonyl (C=O) groups excluding carboxylic acids is 1. The van der Waals surface area contributed by atoms with Gasteiger partial charge in [-0.1, -0.05) is 6.07 Å². The summed E-state index contributed by atoms with van der Waals surface area (Å²) in [6, 6.07) is 5.63. The van der Waals surface area contributed by atoms with E-state index in [1.165, 1.54) is 0 Å². The van der Waals surface area contributed by atoms with Crippen molar-refractivity contribution < 1.29 is 9.21 Å². The van der Waals surface area contributed by atoms with Crippen molar-refractivity contribution in [2.45, 2.75) is 20.3 Å². The smallest absolute Gasteiger partial charge is 0.226 e. The molecule has 0 saturated carbocycles. The number of nitrogens with zero attached hydrogens (tertiary/aromatic N) is 1. The average molecular weight is 259 g/mol. The lowest BCUT2D eigenvalue weighted by atomic mass is 10.1. The molecule has 2 rings (SSSR count). The van der Waals surface area contributed by atoms with Crippen molar-refractivity contribution >= 4 is 11.6 Å². The normalized spacial score (nSPS) is 10.5. The van der Waals surface area contributed by atoms with Gasteiger partial charge in [0.25, 0.3) is 0 Å². The van der Waals surface area contributed by atoms with Gasteiger partial charge in [0.15, 0.2) is 0 Å². The van der Waals surface area contributed by atoms with E-state index in [-0.39, 0.29) is 5.91 Å². The molecule has 1 heterocycles. The summed E-state index contributed by atoms with van der Waals surface area (Å²) >= 11 is 0. The Kier molecular flexibility index (Phi) is 3.97. The molecule has 1 aromatic heterocycles. The summed E-state index contributed by atoms with van der Waals surface area (Å²) in [6.45, 7) is 4.18. The van der Waals surface area contributed by atoms with E-state index in [0.717, 1.165) is 22.5 Å². The minimum absolute atomic E-state index is 0.0964. The third kappa shape index (κ3) is 3.20. The van der Waals surface area contributed by atoms with Crippen molar-refractivity contribution in [3.63, 3.8) is 0 Å². The van der Waals surface area contributed by atoms with Gasteiger partial charge in [-0.05, 0) is 31.5 Å². The quantitative estimate of drug-likeness (QED) is 0.882. The number of anilines is 1. The van der Waals surface area contributed by atoms with E-state index < -0.39 is 0 Å². The zero-order chi connectivity index (χ0) is 13.8. The van der Waals surface area contributed by atoms with Gasteiger partial charge in [0.05, 0.1) is 5.69 Å². The first-order valence-electron chi connectivity index (χ1n) is 6.13. The maximum Gasteiger partial charge on any atom is 0.226 e. The van der Waals surface area contributed by atoms with Crippen LogP contribution in [0.2, 0.25) is 0 Å². The van der Waals surface area contributed by atoms with Crippen molar-refractivity contribution in [2.75, 3.05) is 11.9 Å². The minimum atomic E-state index is -0.0964. The summed E-state index contributed by atoms with van der Waals surface area (Å²) in [5.41, 5.74) is 8.80. The van der Waals surface area contributed by atoms with Gasteiger partial charge in [0.1, 0.15) is 6.26 Å². The van der Waals surface area contributed by atoms with Crippen molar-refractivity contribution in [2.24, 2.45) is 5.73 Å². The molecule has 5 heteroatoms. The summed E-state index contributed by atoms with van der Waals surface area (Å²) in [5, 5.41) is 2.80. The van der Waals surface area contributed by atoms with Crippen molar-refractivity contribution in [3.8, 4) is 11.5 Å². The molecule has 19 heavy (non-hydrogen) atoms. The molecule has 1 amide bonds. The Morgan fingerprint density at radius 3 is 2.84 bits per heavy atom. The molecule has 0 unspecified atom stereocenters. The van der Waals surface area contributed by atoms with Gasteiger partial charge < -0.3 is 15.5 Å². The van der Waals surface area contributed by atoms with Crippen LogP contribution < -0.4 is 11.1 Å². The van der Waals surface area contributed by atoms with E-state index in [1.807, 2.05) is 32.0 Å². The van der Waals surface area contributed by atoms with Crippen LogP contribution in [0.1, 0.15) is 17.7 Å². The second-order valence-electron chi connectivity index (χ2n) is 4.41. The molecule has 1 aromatic carbocycles. The van der Waals surface area contributed by atoms with E-state index in [4.69, 9.17) is 10.2 Å². The molecule has 0 saturated heterocycles. The predicted molar refractivity (Wildman–Crippen MR) is 73.7 cm³/mol. The number of aromatic nitrogens is 1. The molecule has 0 atom stereocenters. The number of oxazole rings is 1. The highest BCUT2D eigenvalue weighted by molar-refractivity contribution is 5.91. The largest absolute Gasteiger partial charge is 0.444 e. The lowest BCUT2D eigenvalue weighted by Crippen LogP contribution is -2.16. The highest BCUT2D eigenvalue weighted by Gasteiger charge is 2.10. The average Bonchev–Trinajstić information content (AvgIpc) is 2.78. The molecule has 0 aliphatic carbocycles. The number of hydrogen-bond acceptors (Lipinski definition) is 4. The summed E-state index contributed by atoms with van der Waals surface area (Å²) < 4.78 is 5.39. The third-order valence-corrected chi connectivity index (χ3v) is 2.74. The number of benzene rings is 1. The van der Waals surface area contributed by atoms with Crippen LogP contribution in [0.15, 0.2) is 28.9 Å². The second kappa shape index (κ2) is 5.67. The Hall–Kier alpha value is -2.14. The van der Waals surface area contributed by atoms with Crippen LogP contribution in [0.4, 0.5) is 5.69 Å². The number of carbonyl (C=O) groups is 1. The van der Waals surface area contributed by atoms with Gasteiger partial charge in [0, 0.05) is 24.2 Å². The molecular weight excluding hydrogens is 242 g/mol. The maximum absolute atomic E-state index is 11.5. The zero-order valence-corrected chi connectivity index (χ0v) is 11.1. The van der Waals surface area contributed by atoms with Gasteiger partial charge in [-0.2, -0.15) is 0 Å². The van der Waals surface area contributed by atoms with Crippen LogP contribution in [0.3, 0.4) is 0 Å². The Labute approximate surface area is 111 Å². The Morgan fingerprint density at radius 2 is 2.21 bits per heavy atom. The third-order valence-electron chi connectivity index (χ3n) is 2.74. The van der Waals surface area contributed by atoms with E-state index in [0.29, 0.717) is 18.9 Å². The van der Waals surface area contributed by atoms with Crippen molar-refractivity contribution in [1.82, 2.24) is 4.98 Å². The highest BCUT2D eigenvalue weighted by atomic mass is 16.3. The standard InChI is InChI=1S/C14H17N3O2/c1-9-3-4-11(17-13(18)5-6-15)7-12(9)14-16-10(2)8-19-14/h3-4,7-8H,5-6,15H2,1-2H3,(H,17,18). The van der Waals surface area contributed by atoms with E-state index >= 15 is 0 Å². The van der Waals surface area contributed by atoms with Crippen LogP contribution in [0.5, 0.6) is 0 Å². The molecular formula is C14H17N3O2. The van der Waals surface area contributed by atoms with Gasteiger partial charge in [0.2, 0.25) is 11.8 Å². The molecule has 0 bridgehead atoms. The van der Waals surface area contributed by atoms with Crippen LogP contribution in [-0.4, -0.2) is 17.4 Å². The monoisotopic (exact) mass is 259 g/mol. The number of aryl methyl sites for hydroxylation is 2. The summed E-state index contributed by atoms with van der Waals surface area (Å²) in [4.78, 5) is 15.8. The summed E-state index contributed by atoms with van der Waals surface area (Å²) in [5.74, 6) is 0.464. The molecule has 0 fully saturated rings. The topological polar surface area (TPSA) is 81.2 Å². The molecule has 0 aliphatic heterocycles. The van der Waals surface area contributed by atoms with E-state index in [2.05, 4.69) is 10.3 Å². The zero-order valence-electron chi connectivity index (χ0n) is 11.1. The molecule has 100 valence electrons. The fourth-order valence-corrected chi connectivity index (χ4v) is 1.76. The van der Waals surface area contributed by atoms with E-state index in [1.54, 1.807) is 6.26 Å². The number of rotatable bonds is 4. The summed E-state index contributed by atoms with van der Waals surface area (Å²) in [7, 11) is 0. The van der Waals surface area contributed by atoms with Gasteiger partial charge >= 0.3 is 0 Å². The van der Waals surface area contributed by atoms with Crippen LogP contribution >= 0.6 is 0 Å². The van der Waals surface area contributed by atoms with Crippen LogP contribution in [-0.2, 0) is 4.79 Å². The Bertz CT molecular complexity index is 590. The SMILES string of the molecule is Cc1coc(-c2cc(NC(=O)CCN)ccc2C)n1. The Morgan fingerprint density at radius 1 is 1.42 bits per heavy atom. The molecule has 5 nitrogen and oxygen atoms in total. The van der Waals surface area contributed by atoms with Crippen molar-refractivity contribution in [1.29, 1.82) is 0 Å². The summed E-state index contributed by atoms with van der Waals surface area (Å²) in [6.07, 6.45) is 1.91. The van der Waals surface area contributed by atoms with Crippen LogP contribution in [0.25, 0.3) is 11.5 Å². The molecule has 0 aliphatic rings. The lowest BCUT2D eigenvalue weighted by Gasteiger charge is -2.07. The fourth-order valence-electron chi connectivity index (χ4n) is 1.76. The first-order chi connectivity index (χ1) is 9.10. The first-order valence-corrected chi connectivity index (χ1v) is 6.13. The lowest BCUT2D eigenvalue weighted by molar-refractivity contribution is -0.116. The number of nitrogens with two attached hydrogens (primary N) is 1. The van der Waals surface area contributed by atoms with Crippen molar-refractivity contribution in [3.05, 3.63) is 35.7 Å². The Balaban J connectivity index is 2.27. The number of nitrogens with one attached hydrogen (secondary N) is 1. The second-order valence-corrected chi connectivity index (χ2v) is 4.41. The van der Waals surface area contributed by atoms with Gasteiger partial charge in [-0.25, -0.2) is 4.98 Å². The van der Waals surface area contributed by atoms with Crippen LogP contribution in [0, 0.1) is 13.8 Å². The highest BCUT2D eigenvalue weighted by Crippen LogP contribution is 2.26. The number of amides is 1. The van der Waals surface area contributed by atoms with Gasteiger partial charge in [-0.3, -0.25) is 4.79 Å². The number of hydrogen-bond donors (Lipinski definition) is 2. The predicted octanol–water partition coefficient (Wildman–Crippen LogP) is 2.25. The maximum atomic E-state index is 11.5. The van der Waals surface area contributed by atoms with Gasteiger partial charge in [-0.15, -0.1) is 0 Å².